The molecule has 22 heavy (non-hydrogen) atoms. The fourth-order valence-electron chi connectivity index (χ4n) is 3.45. The van der Waals surface area contributed by atoms with Crippen LogP contribution >= 0.6 is 0 Å². The highest BCUT2D eigenvalue weighted by atomic mass is 19.1. The van der Waals surface area contributed by atoms with Crippen LogP contribution < -0.4 is 0 Å². The van der Waals surface area contributed by atoms with Crippen LogP contribution in [0.25, 0.3) is 0 Å². The van der Waals surface area contributed by atoms with Crippen molar-refractivity contribution in [3.63, 3.8) is 0 Å². The fraction of sp³-hybridized carbons (Fsp3) is 0.529. The van der Waals surface area contributed by atoms with Gasteiger partial charge in [0, 0.05) is 13.5 Å². The summed E-state index contributed by atoms with van der Waals surface area (Å²) in [4.78, 5) is 27.7. The topological polar surface area (TPSA) is 40.6 Å². The van der Waals surface area contributed by atoms with E-state index in [0.29, 0.717) is 19.3 Å². The number of halogens is 1. The van der Waals surface area contributed by atoms with Gasteiger partial charge in [0.2, 0.25) is 0 Å². The summed E-state index contributed by atoms with van der Waals surface area (Å²) in [5.74, 6) is -0.258. The highest BCUT2D eigenvalue weighted by molar-refractivity contribution is 6.04. The maximum absolute atomic E-state index is 14.2. The third-order valence-electron chi connectivity index (χ3n) is 4.75. The molecule has 3 amide bonds. The molecule has 1 aromatic carbocycles. The number of alkyl halides is 1. The molecule has 1 aliphatic heterocycles. The van der Waals surface area contributed by atoms with Crippen LogP contribution in [0.2, 0.25) is 0 Å². The normalized spacial score (nSPS) is 29.3. The van der Waals surface area contributed by atoms with Crippen LogP contribution in [0.4, 0.5) is 9.18 Å². The highest BCUT2D eigenvalue weighted by Gasteiger charge is 2.48. The molecule has 0 aromatic heterocycles. The molecule has 0 spiro atoms. The van der Waals surface area contributed by atoms with E-state index >= 15 is 0 Å². The summed E-state index contributed by atoms with van der Waals surface area (Å²) in [6.07, 6.45) is 2.10. The molecule has 1 aromatic rings. The van der Waals surface area contributed by atoms with Gasteiger partial charge in [-0.2, -0.15) is 0 Å². The van der Waals surface area contributed by atoms with Gasteiger partial charge in [-0.15, -0.1) is 0 Å². The van der Waals surface area contributed by atoms with Gasteiger partial charge < -0.3 is 4.90 Å². The van der Waals surface area contributed by atoms with Crippen LogP contribution in [0.3, 0.4) is 0 Å². The molecule has 5 heteroatoms. The number of hydrogen-bond donors (Lipinski definition) is 0. The Hall–Kier alpha value is -1.91. The average Bonchev–Trinajstić information content (AvgIpc) is 2.73. The largest absolute Gasteiger partial charge is 0.327 e. The first kappa shape index (κ1) is 15.0. The Morgan fingerprint density at radius 1 is 1.14 bits per heavy atom. The van der Waals surface area contributed by atoms with Crippen LogP contribution in [-0.4, -0.2) is 47.0 Å². The van der Waals surface area contributed by atoms with E-state index in [0.717, 1.165) is 18.4 Å². The molecule has 2 aliphatic rings. The van der Waals surface area contributed by atoms with Crippen molar-refractivity contribution < 1.29 is 14.0 Å². The second kappa shape index (κ2) is 6.07. The molecular weight excluding hydrogens is 283 g/mol. The maximum Gasteiger partial charge on any atom is 0.327 e. The second-order valence-corrected chi connectivity index (χ2v) is 6.18. The zero-order valence-electron chi connectivity index (χ0n) is 12.7. The van der Waals surface area contributed by atoms with Crippen molar-refractivity contribution >= 4 is 11.9 Å². The second-order valence-electron chi connectivity index (χ2n) is 6.18. The fourth-order valence-corrected chi connectivity index (χ4v) is 3.45. The molecule has 2 fully saturated rings. The van der Waals surface area contributed by atoms with Crippen molar-refractivity contribution in [3.05, 3.63) is 35.9 Å². The number of amides is 3. The molecule has 118 valence electrons. The van der Waals surface area contributed by atoms with Crippen LogP contribution in [-0.2, 0) is 11.2 Å². The number of nitrogens with zero attached hydrogens (tertiary/aromatic N) is 2. The van der Waals surface area contributed by atoms with E-state index in [4.69, 9.17) is 0 Å². The highest BCUT2D eigenvalue weighted by Crippen LogP contribution is 2.31. The molecule has 1 saturated heterocycles. The standard InChI is InChI=1S/C17H21FN2O2/c1-19-15(11-12-7-3-2-4-8-12)16(21)20(17(19)22)14-10-6-5-9-13(14)18/h2-4,7-8,13-15H,5-6,9-11H2,1H3/t13-,14-,15?/m1/s1. The predicted molar refractivity (Wildman–Crippen MR) is 81.1 cm³/mol. The first-order valence-corrected chi connectivity index (χ1v) is 7.87. The number of carbonyl (C=O) groups is 2. The van der Waals surface area contributed by atoms with Gasteiger partial charge in [0.15, 0.2) is 0 Å². The van der Waals surface area contributed by atoms with Crippen LogP contribution in [0.5, 0.6) is 0 Å². The van der Waals surface area contributed by atoms with Crippen molar-refractivity contribution in [3.8, 4) is 0 Å². The van der Waals surface area contributed by atoms with E-state index in [1.54, 1.807) is 7.05 Å². The number of carbonyl (C=O) groups excluding carboxylic acids is 2. The van der Waals surface area contributed by atoms with Gasteiger partial charge in [-0.25, -0.2) is 9.18 Å². The summed E-state index contributed by atoms with van der Waals surface area (Å²) in [5.41, 5.74) is 1.00. The Balaban J connectivity index is 1.79. The lowest BCUT2D eigenvalue weighted by molar-refractivity contribution is -0.131. The Labute approximate surface area is 129 Å². The van der Waals surface area contributed by atoms with Gasteiger partial charge >= 0.3 is 6.03 Å². The van der Waals surface area contributed by atoms with Crippen molar-refractivity contribution in [2.75, 3.05) is 7.05 Å². The number of likely N-dealkylation sites (N-methyl/N-ethyl adjacent to an activating group) is 1. The van der Waals surface area contributed by atoms with E-state index < -0.39 is 18.3 Å². The number of imide groups is 1. The smallest absolute Gasteiger partial charge is 0.315 e. The van der Waals surface area contributed by atoms with Crippen molar-refractivity contribution in [2.24, 2.45) is 0 Å². The average molecular weight is 304 g/mol. The molecule has 3 rings (SSSR count). The summed E-state index contributed by atoms with van der Waals surface area (Å²) >= 11 is 0. The van der Waals surface area contributed by atoms with Gasteiger partial charge in [0.1, 0.15) is 12.2 Å². The minimum absolute atomic E-state index is 0.258. The lowest BCUT2D eigenvalue weighted by Crippen LogP contribution is -2.47. The Kier molecular flexibility index (Phi) is 4.14. The molecule has 1 aliphatic carbocycles. The van der Waals surface area contributed by atoms with Gasteiger partial charge in [0.25, 0.3) is 5.91 Å². The van der Waals surface area contributed by atoms with Gasteiger partial charge in [-0.3, -0.25) is 9.69 Å². The summed E-state index contributed by atoms with van der Waals surface area (Å²) in [6.45, 7) is 0. The molecule has 0 radical (unpaired) electrons. The van der Waals surface area contributed by atoms with Gasteiger partial charge in [-0.1, -0.05) is 43.2 Å². The monoisotopic (exact) mass is 304 g/mol. The van der Waals surface area contributed by atoms with Crippen molar-refractivity contribution in [1.82, 2.24) is 9.80 Å². The number of urea groups is 1. The van der Waals surface area contributed by atoms with E-state index in [2.05, 4.69) is 0 Å². The number of rotatable bonds is 3. The van der Waals surface area contributed by atoms with Crippen LogP contribution in [0.15, 0.2) is 30.3 Å². The van der Waals surface area contributed by atoms with E-state index in [-0.39, 0.29) is 11.9 Å². The summed E-state index contributed by atoms with van der Waals surface area (Å²) < 4.78 is 14.2. The third kappa shape index (κ3) is 2.60. The molecular formula is C17H21FN2O2. The summed E-state index contributed by atoms with van der Waals surface area (Å²) in [5, 5.41) is 0. The first-order chi connectivity index (χ1) is 10.6. The zero-order chi connectivity index (χ0) is 15.7. The molecule has 1 unspecified atom stereocenters. The molecule has 1 heterocycles. The Morgan fingerprint density at radius 3 is 2.50 bits per heavy atom. The molecule has 4 nitrogen and oxygen atoms in total. The van der Waals surface area contributed by atoms with Gasteiger partial charge in [-0.05, 0) is 18.4 Å². The quantitative estimate of drug-likeness (QED) is 0.806. The number of benzene rings is 1. The van der Waals surface area contributed by atoms with Gasteiger partial charge in [0.05, 0.1) is 6.04 Å². The molecule has 0 N–H and O–H groups in total. The minimum atomic E-state index is -1.09. The van der Waals surface area contributed by atoms with Crippen molar-refractivity contribution in [1.29, 1.82) is 0 Å². The van der Waals surface area contributed by atoms with Crippen LogP contribution in [0, 0.1) is 0 Å². The van der Waals surface area contributed by atoms with Crippen molar-refractivity contribution in [2.45, 2.75) is 50.4 Å². The Bertz CT molecular complexity index is 563. The van der Waals surface area contributed by atoms with E-state index in [1.807, 2.05) is 30.3 Å². The predicted octanol–water partition coefficient (Wildman–Crippen LogP) is 2.77. The Morgan fingerprint density at radius 2 is 1.82 bits per heavy atom. The van der Waals surface area contributed by atoms with E-state index in [9.17, 15) is 14.0 Å². The summed E-state index contributed by atoms with van der Waals surface area (Å²) in [6, 6.07) is 8.14. The van der Waals surface area contributed by atoms with E-state index in [1.165, 1.54) is 9.80 Å². The third-order valence-corrected chi connectivity index (χ3v) is 4.75. The molecule has 3 atom stereocenters. The number of hydrogen-bond acceptors (Lipinski definition) is 2. The SMILES string of the molecule is CN1C(=O)N([C@@H]2CCCC[C@H]2F)C(=O)C1Cc1ccccc1. The van der Waals surface area contributed by atoms with Crippen LogP contribution in [0.1, 0.15) is 31.2 Å². The lowest BCUT2D eigenvalue weighted by atomic mass is 9.92. The zero-order valence-corrected chi connectivity index (χ0v) is 12.7. The molecule has 0 bridgehead atoms. The first-order valence-electron chi connectivity index (χ1n) is 7.87. The minimum Gasteiger partial charge on any atom is -0.315 e. The molecule has 1 saturated carbocycles. The summed E-state index contributed by atoms with van der Waals surface area (Å²) in [7, 11) is 1.63. The lowest BCUT2D eigenvalue weighted by Gasteiger charge is -2.31. The maximum atomic E-state index is 14.2.